The SMILES string of the molecule is Cc1cccc(-n2c(SCC3CCCO3)nc3cc(Cl)ccc3c2=O)c1C. The van der Waals surface area contributed by atoms with Crippen LogP contribution in [0.25, 0.3) is 16.6 Å². The van der Waals surface area contributed by atoms with Crippen LogP contribution < -0.4 is 5.56 Å². The van der Waals surface area contributed by atoms with Gasteiger partial charge in [-0.2, -0.15) is 0 Å². The second-order valence-corrected chi connectivity index (χ2v) is 8.29. The first kappa shape index (κ1) is 18.5. The molecule has 6 heteroatoms. The first-order valence-corrected chi connectivity index (χ1v) is 10.4. The Hall–Kier alpha value is -1.82. The van der Waals surface area contributed by atoms with Crippen LogP contribution in [0.5, 0.6) is 0 Å². The molecule has 1 aromatic heterocycles. The normalized spacial score (nSPS) is 16.9. The van der Waals surface area contributed by atoms with E-state index in [9.17, 15) is 4.79 Å². The number of benzene rings is 2. The zero-order valence-corrected chi connectivity index (χ0v) is 16.9. The van der Waals surface area contributed by atoms with E-state index in [1.54, 1.807) is 34.5 Å². The molecule has 2 aromatic carbocycles. The predicted molar refractivity (Wildman–Crippen MR) is 112 cm³/mol. The Bertz CT molecular complexity index is 1060. The number of aryl methyl sites for hydroxylation is 1. The molecule has 1 unspecified atom stereocenters. The molecular formula is C21H21ClN2O2S. The van der Waals surface area contributed by atoms with Crippen molar-refractivity contribution in [1.82, 2.24) is 9.55 Å². The summed E-state index contributed by atoms with van der Waals surface area (Å²) in [6.45, 7) is 4.91. The van der Waals surface area contributed by atoms with Crippen LogP contribution >= 0.6 is 23.4 Å². The molecule has 0 radical (unpaired) electrons. The third-order valence-corrected chi connectivity index (χ3v) is 6.35. The standard InChI is InChI=1S/C21H21ClN2O2S/c1-13-5-3-7-19(14(13)2)24-20(25)17-9-8-15(22)11-18(17)23-21(24)27-12-16-6-4-10-26-16/h3,5,7-9,11,16H,4,6,10,12H2,1-2H3. The largest absolute Gasteiger partial charge is 0.377 e. The van der Waals surface area contributed by atoms with Gasteiger partial charge in [0.25, 0.3) is 5.56 Å². The highest BCUT2D eigenvalue weighted by Crippen LogP contribution is 2.27. The Morgan fingerprint density at radius 1 is 1.30 bits per heavy atom. The van der Waals surface area contributed by atoms with E-state index in [2.05, 4.69) is 13.0 Å². The van der Waals surface area contributed by atoms with Gasteiger partial charge in [-0.1, -0.05) is 35.5 Å². The molecule has 1 atom stereocenters. The molecule has 0 bridgehead atoms. The van der Waals surface area contributed by atoms with Gasteiger partial charge in [0.1, 0.15) is 0 Å². The van der Waals surface area contributed by atoms with Crippen molar-refractivity contribution in [1.29, 1.82) is 0 Å². The van der Waals surface area contributed by atoms with Gasteiger partial charge in [0.15, 0.2) is 5.16 Å². The maximum absolute atomic E-state index is 13.4. The maximum atomic E-state index is 13.4. The first-order chi connectivity index (χ1) is 13.0. The number of nitrogens with zero attached hydrogens (tertiary/aromatic N) is 2. The van der Waals surface area contributed by atoms with E-state index in [1.165, 1.54) is 0 Å². The molecule has 3 aromatic rings. The minimum atomic E-state index is -0.0693. The molecular weight excluding hydrogens is 380 g/mol. The average Bonchev–Trinajstić information content (AvgIpc) is 3.16. The zero-order valence-electron chi connectivity index (χ0n) is 15.4. The molecule has 0 amide bonds. The summed E-state index contributed by atoms with van der Waals surface area (Å²) < 4.78 is 7.48. The van der Waals surface area contributed by atoms with E-state index in [1.807, 2.05) is 19.1 Å². The highest BCUT2D eigenvalue weighted by atomic mass is 35.5. The van der Waals surface area contributed by atoms with Gasteiger partial charge >= 0.3 is 0 Å². The third-order valence-electron chi connectivity index (χ3n) is 5.04. The van der Waals surface area contributed by atoms with Gasteiger partial charge in [0, 0.05) is 17.4 Å². The number of fused-ring (bicyclic) bond motifs is 1. The van der Waals surface area contributed by atoms with Crippen molar-refractivity contribution in [3.8, 4) is 5.69 Å². The highest BCUT2D eigenvalue weighted by Gasteiger charge is 2.20. The zero-order chi connectivity index (χ0) is 19.0. The number of hydrogen-bond acceptors (Lipinski definition) is 4. The van der Waals surface area contributed by atoms with Crippen LogP contribution in [0.4, 0.5) is 0 Å². The Kier molecular flexibility index (Phi) is 5.26. The van der Waals surface area contributed by atoms with Gasteiger partial charge in [-0.25, -0.2) is 4.98 Å². The molecule has 1 saturated heterocycles. The molecule has 4 rings (SSSR count). The fourth-order valence-electron chi connectivity index (χ4n) is 3.37. The smallest absolute Gasteiger partial charge is 0.266 e. The van der Waals surface area contributed by atoms with Crippen molar-refractivity contribution in [2.24, 2.45) is 0 Å². The summed E-state index contributed by atoms with van der Waals surface area (Å²) in [7, 11) is 0. The van der Waals surface area contributed by atoms with Crippen LogP contribution in [0, 0.1) is 13.8 Å². The number of aromatic nitrogens is 2. The molecule has 27 heavy (non-hydrogen) atoms. The van der Waals surface area contributed by atoms with E-state index < -0.39 is 0 Å². The van der Waals surface area contributed by atoms with Crippen molar-refractivity contribution in [2.45, 2.75) is 37.9 Å². The van der Waals surface area contributed by atoms with E-state index >= 15 is 0 Å². The number of thioether (sulfide) groups is 1. The van der Waals surface area contributed by atoms with E-state index in [4.69, 9.17) is 21.3 Å². The van der Waals surface area contributed by atoms with Crippen LogP contribution in [0.3, 0.4) is 0 Å². The Labute approximate surface area is 167 Å². The van der Waals surface area contributed by atoms with E-state index in [-0.39, 0.29) is 11.7 Å². The maximum Gasteiger partial charge on any atom is 0.266 e. The second-order valence-electron chi connectivity index (χ2n) is 6.86. The van der Waals surface area contributed by atoms with Crippen molar-refractivity contribution in [2.75, 3.05) is 12.4 Å². The minimum Gasteiger partial charge on any atom is -0.377 e. The Morgan fingerprint density at radius 3 is 2.93 bits per heavy atom. The topological polar surface area (TPSA) is 44.1 Å². The lowest BCUT2D eigenvalue weighted by molar-refractivity contribution is 0.129. The summed E-state index contributed by atoms with van der Waals surface area (Å²) in [5.41, 5.74) is 3.66. The van der Waals surface area contributed by atoms with Crippen LogP contribution in [0.1, 0.15) is 24.0 Å². The van der Waals surface area contributed by atoms with Crippen LogP contribution in [0.2, 0.25) is 5.02 Å². The quantitative estimate of drug-likeness (QED) is 0.460. The number of hydrogen-bond donors (Lipinski definition) is 0. The average molecular weight is 401 g/mol. The lowest BCUT2D eigenvalue weighted by Crippen LogP contribution is -2.23. The molecule has 0 spiro atoms. The van der Waals surface area contributed by atoms with Gasteiger partial charge in [-0.05, 0) is 62.1 Å². The fourth-order valence-corrected chi connectivity index (χ4v) is 4.61. The molecule has 0 N–H and O–H groups in total. The number of halogens is 1. The van der Waals surface area contributed by atoms with Crippen LogP contribution in [-0.2, 0) is 4.74 Å². The van der Waals surface area contributed by atoms with Gasteiger partial charge in [0.05, 0.1) is 22.7 Å². The molecule has 1 fully saturated rings. The molecule has 1 aliphatic heterocycles. The summed E-state index contributed by atoms with van der Waals surface area (Å²) in [4.78, 5) is 18.1. The lowest BCUT2D eigenvalue weighted by atomic mass is 10.1. The summed E-state index contributed by atoms with van der Waals surface area (Å²) in [5.74, 6) is 0.781. The molecule has 2 heterocycles. The van der Waals surface area contributed by atoms with Crippen molar-refractivity contribution < 1.29 is 4.74 Å². The Morgan fingerprint density at radius 2 is 2.15 bits per heavy atom. The fraction of sp³-hybridized carbons (Fsp3) is 0.333. The summed E-state index contributed by atoms with van der Waals surface area (Å²) in [6, 6.07) is 11.2. The third kappa shape index (κ3) is 3.64. The van der Waals surface area contributed by atoms with Crippen molar-refractivity contribution in [3.63, 3.8) is 0 Å². The molecule has 1 aliphatic rings. The number of rotatable bonds is 4. The second kappa shape index (κ2) is 7.66. The monoisotopic (exact) mass is 400 g/mol. The van der Waals surface area contributed by atoms with Gasteiger partial charge in [0.2, 0.25) is 0 Å². The summed E-state index contributed by atoms with van der Waals surface area (Å²) >= 11 is 7.70. The Balaban J connectivity index is 1.89. The van der Waals surface area contributed by atoms with Crippen LogP contribution in [-0.4, -0.2) is 28.0 Å². The van der Waals surface area contributed by atoms with Gasteiger partial charge in [-0.3, -0.25) is 9.36 Å². The molecule has 140 valence electrons. The first-order valence-electron chi connectivity index (χ1n) is 9.08. The van der Waals surface area contributed by atoms with Crippen molar-refractivity contribution >= 4 is 34.3 Å². The highest BCUT2D eigenvalue weighted by molar-refractivity contribution is 7.99. The molecule has 0 saturated carbocycles. The predicted octanol–water partition coefficient (Wildman–Crippen LogP) is 4.93. The van der Waals surface area contributed by atoms with Gasteiger partial charge < -0.3 is 4.74 Å². The van der Waals surface area contributed by atoms with Gasteiger partial charge in [-0.15, -0.1) is 0 Å². The van der Waals surface area contributed by atoms with E-state index in [0.29, 0.717) is 21.1 Å². The van der Waals surface area contributed by atoms with Crippen molar-refractivity contribution in [3.05, 3.63) is 62.9 Å². The lowest BCUT2D eigenvalue weighted by Gasteiger charge is -2.17. The minimum absolute atomic E-state index is 0.0693. The van der Waals surface area contributed by atoms with Crippen LogP contribution in [0.15, 0.2) is 46.3 Å². The summed E-state index contributed by atoms with van der Waals surface area (Å²) in [5, 5.41) is 1.83. The molecule has 0 aliphatic carbocycles. The molecule has 4 nitrogen and oxygen atoms in total. The van der Waals surface area contributed by atoms with E-state index in [0.717, 1.165) is 42.0 Å². The summed E-state index contributed by atoms with van der Waals surface area (Å²) in [6.07, 6.45) is 2.37. The number of ether oxygens (including phenoxy) is 1.